The molecule has 3 atom stereocenters. The van der Waals surface area contributed by atoms with E-state index in [0.29, 0.717) is 12.8 Å². The van der Waals surface area contributed by atoms with Crippen LogP contribution in [0.25, 0.3) is 0 Å². The van der Waals surface area contributed by atoms with E-state index in [1.54, 1.807) is 19.9 Å². The van der Waals surface area contributed by atoms with E-state index in [4.69, 9.17) is 0 Å². The zero-order chi connectivity index (χ0) is 16.0. The number of unbranched alkanes of at least 4 members (excludes halogenated alkanes) is 4. The highest BCUT2D eigenvalue weighted by Gasteiger charge is 2.55. The summed E-state index contributed by atoms with van der Waals surface area (Å²) in [6.07, 6.45) is 7.63. The molecule has 1 N–H and O–H groups in total. The number of ketones is 2. The molecule has 0 aromatic rings. The quantitative estimate of drug-likeness (QED) is 0.401. The molecule has 1 aliphatic rings. The molecule has 120 valence electrons. The van der Waals surface area contributed by atoms with Gasteiger partial charge in [-0.1, -0.05) is 45.1 Å². The van der Waals surface area contributed by atoms with Crippen LogP contribution in [0.3, 0.4) is 0 Å². The number of Topliss-reactive ketones (excluding diaryl/α,β-unsaturated/α-hetero) is 2. The third-order valence-electron chi connectivity index (χ3n) is 4.74. The van der Waals surface area contributed by atoms with Crippen LogP contribution in [0, 0.1) is 17.3 Å². The zero-order valence-electron chi connectivity index (χ0n) is 13.7. The van der Waals surface area contributed by atoms with Crippen molar-refractivity contribution in [2.24, 2.45) is 17.3 Å². The molecule has 0 radical (unpaired) electrons. The largest absolute Gasteiger partial charge is 0.392 e. The number of carbonyl (C=O) groups excluding carboxylic acids is 2. The van der Waals surface area contributed by atoms with Crippen molar-refractivity contribution < 1.29 is 14.7 Å². The van der Waals surface area contributed by atoms with Gasteiger partial charge in [-0.05, 0) is 26.7 Å². The summed E-state index contributed by atoms with van der Waals surface area (Å²) < 4.78 is 0. The second-order valence-electron chi connectivity index (χ2n) is 6.78. The van der Waals surface area contributed by atoms with Crippen LogP contribution in [0.15, 0.2) is 12.7 Å². The molecule has 3 heteroatoms. The first-order chi connectivity index (χ1) is 9.87. The molecule has 1 rings (SSSR count). The molecule has 1 saturated carbocycles. The number of hydrogen-bond donors (Lipinski definition) is 1. The summed E-state index contributed by atoms with van der Waals surface area (Å²) in [6, 6.07) is 0. The van der Waals surface area contributed by atoms with Crippen molar-refractivity contribution >= 4 is 11.6 Å². The molecule has 0 spiro atoms. The molecule has 1 fully saturated rings. The van der Waals surface area contributed by atoms with E-state index in [9.17, 15) is 14.7 Å². The molecule has 0 aromatic heterocycles. The van der Waals surface area contributed by atoms with Gasteiger partial charge in [0.25, 0.3) is 0 Å². The lowest BCUT2D eigenvalue weighted by Gasteiger charge is -2.22. The monoisotopic (exact) mass is 294 g/mol. The Balaban J connectivity index is 2.66. The highest BCUT2D eigenvalue weighted by molar-refractivity contribution is 6.15. The van der Waals surface area contributed by atoms with Gasteiger partial charge in [0.1, 0.15) is 5.78 Å². The Labute approximate surface area is 128 Å². The number of rotatable bonds is 9. The first-order valence-electron chi connectivity index (χ1n) is 8.25. The molecule has 1 aliphatic carbocycles. The normalized spacial score (nSPS) is 26.1. The molecule has 0 saturated heterocycles. The van der Waals surface area contributed by atoms with Gasteiger partial charge in [-0.3, -0.25) is 9.59 Å². The van der Waals surface area contributed by atoms with E-state index in [0.717, 1.165) is 12.8 Å². The summed E-state index contributed by atoms with van der Waals surface area (Å²) in [5, 5.41) is 10.4. The smallest absolute Gasteiger partial charge is 0.152 e. The van der Waals surface area contributed by atoms with Gasteiger partial charge in [-0.15, -0.1) is 6.58 Å². The lowest BCUT2D eigenvalue weighted by molar-refractivity contribution is -0.134. The molecule has 0 aliphatic heterocycles. The van der Waals surface area contributed by atoms with Crippen molar-refractivity contribution in [2.45, 2.75) is 71.8 Å². The van der Waals surface area contributed by atoms with Crippen molar-refractivity contribution in [3.8, 4) is 0 Å². The highest BCUT2D eigenvalue weighted by atomic mass is 16.3. The summed E-state index contributed by atoms with van der Waals surface area (Å²) in [5.74, 6) is -1.07. The number of hydrogen-bond acceptors (Lipinski definition) is 3. The standard InChI is InChI=1S/C18H30O3/c1-5-7-8-9-10-12-14(19)15-13(11-6-2)16(20)18(3,4)17(15)21/h6,13-15,19H,2,5,7-12H2,1,3-4H3/t13-,14+,15+/m1/s1. The van der Waals surface area contributed by atoms with Crippen molar-refractivity contribution in [3.63, 3.8) is 0 Å². The molecular weight excluding hydrogens is 264 g/mol. The Kier molecular flexibility index (Phi) is 6.79. The van der Waals surface area contributed by atoms with E-state index in [1.807, 2.05) is 0 Å². The molecule has 0 bridgehead atoms. The molecule has 21 heavy (non-hydrogen) atoms. The van der Waals surface area contributed by atoms with Crippen LogP contribution in [0.5, 0.6) is 0 Å². The minimum atomic E-state index is -0.957. The van der Waals surface area contributed by atoms with Crippen LogP contribution in [0.2, 0.25) is 0 Å². The van der Waals surface area contributed by atoms with Crippen molar-refractivity contribution in [3.05, 3.63) is 12.7 Å². The Bertz CT molecular complexity index is 384. The third kappa shape index (κ3) is 4.03. The molecule has 0 unspecified atom stereocenters. The summed E-state index contributed by atoms with van der Waals surface area (Å²) in [5.41, 5.74) is -0.957. The topological polar surface area (TPSA) is 54.4 Å². The predicted octanol–water partition coefficient (Wildman–Crippen LogP) is 3.69. The van der Waals surface area contributed by atoms with Gasteiger partial charge in [0.2, 0.25) is 0 Å². The first-order valence-corrected chi connectivity index (χ1v) is 8.25. The summed E-state index contributed by atoms with van der Waals surface area (Å²) in [6.45, 7) is 9.21. The second-order valence-corrected chi connectivity index (χ2v) is 6.78. The van der Waals surface area contributed by atoms with Gasteiger partial charge >= 0.3 is 0 Å². The van der Waals surface area contributed by atoms with Gasteiger partial charge < -0.3 is 5.11 Å². The van der Waals surface area contributed by atoms with Gasteiger partial charge in [-0.2, -0.15) is 0 Å². The predicted molar refractivity (Wildman–Crippen MR) is 85.0 cm³/mol. The fraction of sp³-hybridized carbons (Fsp3) is 0.778. The number of aliphatic hydroxyl groups excluding tert-OH is 1. The number of allylic oxidation sites excluding steroid dienone is 1. The lowest BCUT2D eigenvalue weighted by atomic mass is 9.84. The van der Waals surface area contributed by atoms with Crippen LogP contribution in [0.1, 0.15) is 65.7 Å². The number of carbonyl (C=O) groups is 2. The van der Waals surface area contributed by atoms with Crippen LogP contribution in [-0.4, -0.2) is 22.8 Å². The third-order valence-corrected chi connectivity index (χ3v) is 4.74. The van der Waals surface area contributed by atoms with Crippen molar-refractivity contribution in [2.75, 3.05) is 0 Å². The number of aliphatic hydroxyl groups is 1. The van der Waals surface area contributed by atoms with E-state index in [-0.39, 0.29) is 11.6 Å². The second kappa shape index (κ2) is 7.88. The van der Waals surface area contributed by atoms with Crippen LogP contribution < -0.4 is 0 Å². The van der Waals surface area contributed by atoms with Crippen molar-refractivity contribution in [1.82, 2.24) is 0 Å². The van der Waals surface area contributed by atoms with Crippen LogP contribution in [-0.2, 0) is 9.59 Å². The minimum absolute atomic E-state index is 0.0394. The fourth-order valence-corrected chi connectivity index (χ4v) is 3.36. The molecule has 3 nitrogen and oxygen atoms in total. The lowest BCUT2D eigenvalue weighted by Crippen LogP contribution is -2.32. The summed E-state index contributed by atoms with van der Waals surface area (Å²) in [4.78, 5) is 24.9. The minimum Gasteiger partial charge on any atom is -0.392 e. The van der Waals surface area contributed by atoms with Gasteiger partial charge in [-0.25, -0.2) is 0 Å². The van der Waals surface area contributed by atoms with E-state index in [2.05, 4.69) is 13.5 Å². The molecule has 0 aromatic carbocycles. The molecule has 0 heterocycles. The summed E-state index contributed by atoms with van der Waals surface area (Å²) >= 11 is 0. The molecule has 0 amide bonds. The van der Waals surface area contributed by atoms with Crippen molar-refractivity contribution in [1.29, 1.82) is 0 Å². The highest BCUT2D eigenvalue weighted by Crippen LogP contribution is 2.43. The van der Waals surface area contributed by atoms with Gasteiger partial charge in [0.05, 0.1) is 17.4 Å². The van der Waals surface area contributed by atoms with Crippen LogP contribution >= 0.6 is 0 Å². The molecular formula is C18H30O3. The Morgan fingerprint density at radius 3 is 2.38 bits per heavy atom. The maximum Gasteiger partial charge on any atom is 0.152 e. The Morgan fingerprint density at radius 1 is 1.19 bits per heavy atom. The average Bonchev–Trinajstić information content (AvgIpc) is 2.60. The zero-order valence-corrected chi connectivity index (χ0v) is 13.7. The SMILES string of the molecule is C=CC[C@H]1C(=O)C(C)(C)C(=O)[C@@H]1[C@@H](O)CCCCCCC. The van der Waals surface area contributed by atoms with E-state index < -0.39 is 23.4 Å². The van der Waals surface area contributed by atoms with Gasteiger partial charge in [0.15, 0.2) is 5.78 Å². The van der Waals surface area contributed by atoms with Crippen LogP contribution in [0.4, 0.5) is 0 Å². The Hall–Kier alpha value is -0.960. The fourth-order valence-electron chi connectivity index (χ4n) is 3.36. The van der Waals surface area contributed by atoms with E-state index in [1.165, 1.54) is 19.3 Å². The average molecular weight is 294 g/mol. The maximum atomic E-state index is 12.5. The first kappa shape index (κ1) is 18.1. The maximum absolute atomic E-state index is 12.5. The summed E-state index contributed by atoms with van der Waals surface area (Å²) in [7, 11) is 0. The van der Waals surface area contributed by atoms with Gasteiger partial charge in [0, 0.05) is 5.92 Å². The van der Waals surface area contributed by atoms with E-state index >= 15 is 0 Å². The Morgan fingerprint density at radius 2 is 1.81 bits per heavy atom.